The molecule has 0 atom stereocenters. The summed E-state index contributed by atoms with van der Waals surface area (Å²) in [5.41, 5.74) is 1.23. The number of aromatic nitrogens is 3. The fourth-order valence-corrected chi connectivity index (χ4v) is 2.76. The largest absolute Gasteiger partial charge is 0.328 e. The molecule has 0 bridgehead atoms. The highest BCUT2D eigenvalue weighted by molar-refractivity contribution is 7.15. The van der Waals surface area contributed by atoms with Gasteiger partial charge in [0, 0.05) is 18.6 Å². The van der Waals surface area contributed by atoms with Crippen molar-refractivity contribution in [3.8, 4) is 10.4 Å². The Balaban J connectivity index is 1.84. The van der Waals surface area contributed by atoms with Gasteiger partial charge in [-0.25, -0.2) is 9.97 Å². The van der Waals surface area contributed by atoms with Crippen LogP contribution < -0.4 is 0 Å². The van der Waals surface area contributed by atoms with E-state index in [1.807, 2.05) is 31.6 Å². The first-order chi connectivity index (χ1) is 8.83. The number of hydrogen-bond acceptors (Lipinski definition) is 3. The minimum atomic E-state index is 0.795. The molecule has 90 valence electrons. The lowest BCUT2D eigenvalue weighted by Crippen LogP contribution is -1.99. The fraction of sp³-hybridized carbons (Fsp3) is 0.143. The van der Waals surface area contributed by atoms with Crippen LogP contribution in [0.4, 0.5) is 0 Å². The summed E-state index contributed by atoms with van der Waals surface area (Å²) in [7, 11) is 0. The summed E-state index contributed by atoms with van der Waals surface area (Å²) in [6.45, 7) is 2.80. The molecule has 0 radical (unpaired) electrons. The smallest absolute Gasteiger partial charge is 0.113 e. The molecule has 1 aromatic carbocycles. The van der Waals surface area contributed by atoms with Crippen LogP contribution >= 0.6 is 11.3 Å². The van der Waals surface area contributed by atoms with Gasteiger partial charge in [-0.1, -0.05) is 30.3 Å². The van der Waals surface area contributed by atoms with Crippen molar-refractivity contribution in [1.82, 2.24) is 14.5 Å². The van der Waals surface area contributed by atoms with Gasteiger partial charge in [-0.2, -0.15) is 0 Å². The molecule has 2 heterocycles. The van der Waals surface area contributed by atoms with Crippen LogP contribution in [-0.2, 0) is 6.54 Å². The van der Waals surface area contributed by atoms with Crippen molar-refractivity contribution in [3.05, 3.63) is 59.8 Å². The van der Waals surface area contributed by atoms with Crippen molar-refractivity contribution in [2.75, 3.05) is 0 Å². The molecule has 2 aromatic heterocycles. The third-order valence-electron chi connectivity index (χ3n) is 2.84. The summed E-state index contributed by atoms with van der Waals surface area (Å²) < 4.78 is 2.10. The molecule has 0 spiro atoms. The molecule has 0 saturated heterocycles. The molecule has 0 unspecified atom stereocenters. The minimum Gasteiger partial charge on any atom is -0.328 e. The van der Waals surface area contributed by atoms with Crippen LogP contribution in [0.1, 0.15) is 10.8 Å². The Morgan fingerprint density at radius 3 is 2.72 bits per heavy atom. The van der Waals surface area contributed by atoms with Crippen molar-refractivity contribution in [1.29, 1.82) is 0 Å². The van der Waals surface area contributed by atoms with E-state index in [-0.39, 0.29) is 0 Å². The number of rotatable bonds is 3. The van der Waals surface area contributed by atoms with E-state index in [2.05, 4.69) is 38.8 Å². The van der Waals surface area contributed by atoms with E-state index in [4.69, 9.17) is 0 Å². The van der Waals surface area contributed by atoms with Crippen molar-refractivity contribution in [2.24, 2.45) is 0 Å². The van der Waals surface area contributed by atoms with E-state index < -0.39 is 0 Å². The SMILES string of the molecule is Cc1nccn1Cc1ncc(-c2ccccc2)s1. The second-order valence-electron chi connectivity index (χ2n) is 4.09. The summed E-state index contributed by atoms with van der Waals surface area (Å²) in [6.07, 6.45) is 5.75. The van der Waals surface area contributed by atoms with E-state index >= 15 is 0 Å². The van der Waals surface area contributed by atoms with Gasteiger partial charge in [0.05, 0.1) is 11.4 Å². The number of hydrogen-bond donors (Lipinski definition) is 0. The fourth-order valence-electron chi connectivity index (χ4n) is 1.84. The van der Waals surface area contributed by atoms with Gasteiger partial charge in [0.25, 0.3) is 0 Å². The number of thiazole rings is 1. The first kappa shape index (κ1) is 11.2. The molecule has 0 N–H and O–H groups in total. The van der Waals surface area contributed by atoms with Gasteiger partial charge < -0.3 is 4.57 Å². The summed E-state index contributed by atoms with van der Waals surface area (Å²) in [4.78, 5) is 9.91. The molecular formula is C14H13N3S. The van der Waals surface area contributed by atoms with Crippen molar-refractivity contribution in [2.45, 2.75) is 13.5 Å². The molecule has 0 fully saturated rings. The molecule has 0 aliphatic heterocycles. The zero-order chi connectivity index (χ0) is 12.4. The highest BCUT2D eigenvalue weighted by atomic mass is 32.1. The maximum Gasteiger partial charge on any atom is 0.113 e. The standard InChI is InChI=1S/C14H13N3S/c1-11-15-7-8-17(11)10-14-16-9-13(18-14)12-5-3-2-4-6-12/h2-9H,10H2,1H3. The normalized spacial score (nSPS) is 10.7. The molecule has 4 heteroatoms. The van der Waals surface area contributed by atoms with Crippen LogP contribution in [0.25, 0.3) is 10.4 Å². The van der Waals surface area contributed by atoms with Crippen LogP contribution in [0.3, 0.4) is 0 Å². The van der Waals surface area contributed by atoms with Crippen LogP contribution in [0.5, 0.6) is 0 Å². The van der Waals surface area contributed by atoms with Gasteiger partial charge in [0.1, 0.15) is 10.8 Å². The Bertz CT molecular complexity index is 640. The predicted octanol–water partition coefficient (Wildman–Crippen LogP) is 3.36. The van der Waals surface area contributed by atoms with Crippen molar-refractivity contribution >= 4 is 11.3 Å². The molecule has 0 amide bonds. The van der Waals surface area contributed by atoms with E-state index in [1.54, 1.807) is 11.3 Å². The maximum atomic E-state index is 4.48. The average molecular weight is 255 g/mol. The maximum absolute atomic E-state index is 4.48. The summed E-state index contributed by atoms with van der Waals surface area (Å²) >= 11 is 1.73. The predicted molar refractivity (Wildman–Crippen MR) is 73.6 cm³/mol. The van der Waals surface area contributed by atoms with Crippen LogP contribution in [0.2, 0.25) is 0 Å². The monoisotopic (exact) mass is 255 g/mol. The Morgan fingerprint density at radius 1 is 1.17 bits per heavy atom. The van der Waals surface area contributed by atoms with E-state index in [1.165, 1.54) is 10.4 Å². The summed E-state index contributed by atoms with van der Waals surface area (Å²) in [5, 5.41) is 1.11. The summed E-state index contributed by atoms with van der Waals surface area (Å²) in [5.74, 6) is 1.02. The van der Waals surface area contributed by atoms with Crippen LogP contribution in [0, 0.1) is 6.92 Å². The Hall–Kier alpha value is -1.94. The third-order valence-corrected chi connectivity index (χ3v) is 3.87. The molecule has 3 nitrogen and oxygen atoms in total. The van der Waals surface area contributed by atoms with Gasteiger partial charge in [0.15, 0.2) is 0 Å². The lowest BCUT2D eigenvalue weighted by atomic mass is 10.2. The Morgan fingerprint density at radius 2 is 2.00 bits per heavy atom. The number of benzene rings is 1. The topological polar surface area (TPSA) is 30.7 Å². The highest BCUT2D eigenvalue weighted by Crippen LogP contribution is 2.26. The average Bonchev–Trinajstić information content (AvgIpc) is 3.02. The first-order valence-corrected chi connectivity index (χ1v) is 6.62. The molecule has 0 saturated carbocycles. The second kappa shape index (κ2) is 4.74. The van der Waals surface area contributed by atoms with Gasteiger partial charge in [-0.15, -0.1) is 11.3 Å². The molecular weight excluding hydrogens is 242 g/mol. The van der Waals surface area contributed by atoms with Gasteiger partial charge in [-0.3, -0.25) is 0 Å². The molecule has 3 aromatic rings. The van der Waals surface area contributed by atoms with Crippen molar-refractivity contribution in [3.63, 3.8) is 0 Å². The lowest BCUT2D eigenvalue weighted by molar-refractivity contribution is 0.756. The van der Waals surface area contributed by atoms with Crippen LogP contribution in [0.15, 0.2) is 48.9 Å². The summed E-state index contributed by atoms with van der Waals surface area (Å²) in [6, 6.07) is 10.4. The van der Waals surface area contributed by atoms with Gasteiger partial charge in [0.2, 0.25) is 0 Å². The third kappa shape index (κ3) is 2.19. The quantitative estimate of drug-likeness (QED) is 0.718. The van der Waals surface area contributed by atoms with Crippen molar-refractivity contribution < 1.29 is 0 Å². The number of nitrogens with zero attached hydrogens (tertiary/aromatic N) is 3. The first-order valence-electron chi connectivity index (χ1n) is 5.81. The van der Waals surface area contributed by atoms with Gasteiger partial charge >= 0.3 is 0 Å². The van der Waals surface area contributed by atoms with Crippen LogP contribution in [-0.4, -0.2) is 14.5 Å². The lowest BCUT2D eigenvalue weighted by Gasteiger charge is -2.00. The Kier molecular flexibility index (Phi) is 2.94. The minimum absolute atomic E-state index is 0.795. The van der Waals surface area contributed by atoms with Gasteiger partial charge in [-0.05, 0) is 12.5 Å². The second-order valence-corrected chi connectivity index (χ2v) is 5.20. The molecule has 0 aliphatic rings. The molecule has 18 heavy (non-hydrogen) atoms. The highest BCUT2D eigenvalue weighted by Gasteiger charge is 2.05. The molecule has 0 aliphatic carbocycles. The van der Waals surface area contributed by atoms with E-state index in [0.29, 0.717) is 0 Å². The Labute approximate surface area is 110 Å². The zero-order valence-electron chi connectivity index (χ0n) is 10.1. The zero-order valence-corrected chi connectivity index (χ0v) is 10.9. The number of aryl methyl sites for hydroxylation is 1. The van der Waals surface area contributed by atoms with E-state index in [0.717, 1.165) is 17.4 Å². The molecule has 3 rings (SSSR count). The van der Waals surface area contributed by atoms with E-state index in [9.17, 15) is 0 Å². The number of imidazole rings is 1.